The molecule has 0 saturated carbocycles. The molecule has 0 bridgehead atoms. The summed E-state index contributed by atoms with van der Waals surface area (Å²) in [5.74, 6) is 0.506. The zero-order chi connectivity index (χ0) is 14.0. The molecule has 0 aliphatic rings. The Hall–Kier alpha value is -1.82. The van der Waals surface area contributed by atoms with Crippen molar-refractivity contribution < 1.29 is 13.6 Å². The first-order valence-electron chi connectivity index (χ1n) is 5.55. The number of nitrogens with one attached hydrogen (secondary N) is 1. The van der Waals surface area contributed by atoms with Crippen LogP contribution in [-0.4, -0.2) is 5.91 Å². The van der Waals surface area contributed by atoms with E-state index in [0.717, 1.165) is 5.76 Å². The van der Waals surface area contributed by atoms with E-state index in [2.05, 4.69) is 21.2 Å². The van der Waals surface area contributed by atoms with Gasteiger partial charge in [0.2, 0.25) is 0 Å². The normalized spacial score (nSPS) is 10.5. The van der Waals surface area contributed by atoms with E-state index < -0.39 is 5.82 Å². The Labute approximate surface area is 117 Å². The van der Waals surface area contributed by atoms with Gasteiger partial charge in [-0.25, -0.2) is 4.39 Å². The molecule has 19 heavy (non-hydrogen) atoms. The highest BCUT2D eigenvalue weighted by molar-refractivity contribution is 9.10. The zero-order valence-electron chi connectivity index (χ0n) is 10.2. The topological polar surface area (TPSA) is 68.3 Å². The quantitative estimate of drug-likeness (QED) is 0.852. The van der Waals surface area contributed by atoms with Crippen molar-refractivity contribution in [1.82, 2.24) is 5.32 Å². The number of aryl methyl sites for hydroxylation is 1. The van der Waals surface area contributed by atoms with Crippen molar-refractivity contribution in [3.05, 3.63) is 51.6 Å². The minimum absolute atomic E-state index is 0.0674. The van der Waals surface area contributed by atoms with Crippen LogP contribution in [0.3, 0.4) is 0 Å². The van der Waals surface area contributed by atoms with Crippen LogP contribution in [0.1, 0.15) is 21.9 Å². The van der Waals surface area contributed by atoms with Gasteiger partial charge >= 0.3 is 0 Å². The molecule has 0 spiro atoms. The number of nitrogen functional groups attached to an aromatic ring is 1. The molecule has 2 aromatic rings. The van der Waals surface area contributed by atoms with Crippen LogP contribution >= 0.6 is 15.9 Å². The lowest BCUT2D eigenvalue weighted by molar-refractivity contribution is 0.0947. The third kappa shape index (κ3) is 3.14. The summed E-state index contributed by atoms with van der Waals surface area (Å²) >= 11 is 3.13. The van der Waals surface area contributed by atoms with E-state index in [1.54, 1.807) is 6.07 Å². The Balaban J connectivity index is 2.10. The number of rotatable bonds is 3. The Morgan fingerprint density at radius 2 is 2.21 bits per heavy atom. The van der Waals surface area contributed by atoms with E-state index in [-0.39, 0.29) is 23.7 Å². The third-order valence-corrected chi connectivity index (χ3v) is 3.21. The molecule has 0 aliphatic heterocycles. The molecule has 0 radical (unpaired) electrons. The van der Waals surface area contributed by atoms with Crippen LogP contribution in [0.2, 0.25) is 0 Å². The molecule has 0 unspecified atom stereocenters. The highest BCUT2D eigenvalue weighted by Gasteiger charge is 2.13. The van der Waals surface area contributed by atoms with Crippen molar-refractivity contribution in [2.24, 2.45) is 0 Å². The van der Waals surface area contributed by atoms with Crippen LogP contribution in [-0.2, 0) is 6.54 Å². The lowest BCUT2D eigenvalue weighted by Crippen LogP contribution is -2.23. The Morgan fingerprint density at radius 3 is 2.84 bits per heavy atom. The number of carbonyl (C=O) groups is 1. The maximum atomic E-state index is 13.2. The summed E-state index contributed by atoms with van der Waals surface area (Å²) in [5, 5.41) is 2.68. The number of anilines is 1. The SMILES string of the molecule is Cc1ccc(CNC(=O)c2cc(N)c(F)cc2Br)o1. The van der Waals surface area contributed by atoms with Crippen LogP contribution < -0.4 is 11.1 Å². The second kappa shape index (κ2) is 5.44. The Kier molecular flexibility index (Phi) is 3.90. The molecule has 1 heterocycles. The molecule has 0 saturated heterocycles. The summed E-state index contributed by atoms with van der Waals surface area (Å²) in [6.07, 6.45) is 0. The highest BCUT2D eigenvalue weighted by atomic mass is 79.9. The fraction of sp³-hybridized carbons (Fsp3) is 0.154. The van der Waals surface area contributed by atoms with Gasteiger partial charge in [0.25, 0.3) is 5.91 Å². The van der Waals surface area contributed by atoms with E-state index in [1.807, 2.05) is 13.0 Å². The first-order chi connectivity index (χ1) is 8.97. The van der Waals surface area contributed by atoms with Crippen molar-refractivity contribution in [1.29, 1.82) is 0 Å². The van der Waals surface area contributed by atoms with Gasteiger partial charge in [-0.2, -0.15) is 0 Å². The van der Waals surface area contributed by atoms with Gasteiger partial charge in [0.15, 0.2) is 0 Å². The third-order valence-electron chi connectivity index (χ3n) is 2.55. The van der Waals surface area contributed by atoms with Gasteiger partial charge < -0.3 is 15.5 Å². The molecule has 3 N–H and O–H groups in total. The van der Waals surface area contributed by atoms with Gasteiger partial charge in [-0.15, -0.1) is 0 Å². The first-order valence-corrected chi connectivity index (χ1v) is 6.34. The average molecular weight is 327 g/mol. The van der Waals surface area contributed by atoms with Gasteiger partial charge in [0.05, 0.1) is 17.8 Å². The smallest absolute Gasteiger partial charge is 0.252 e. The molecule has 0 fully saturated rings. The summed E-state index contributed by atoms with van der Waals surface area (Å²) in [6, 6.07) is 6.06. The van der Waals surface area contributed by atoms with Crippen LogP contribution in [0.15, 0.2) is 33.2 Å². The summed E-state index contributed by atoms with van der Waals surface area (Å²) in [4.78, 5) is 11.9. The van der Waals surface area contributed by atoms with E-state index in [9.17, 15) is 9.18 Å². The largest absolute Gasteiger partial charge is 0.465 e. The van der Waals surface area contributed by atoms with Crippen molar-refractivity contribution in [3.8, 4) is 0 Å². The predicted molar refractivity (Wildman–Crippen MR) is 73.1 cm³/mol. The van der Waals surface area contributed by atoms with E-state index in [4.69, 9.17) is 10.2 Å². The minimum atomic E-state index is -0.565. The Morgan fingerprint density at radius 1 is 1.47 bits per heavy atom. The lowest BCUT2D eigenvalue weighted by atomic mass is 10.2. The van der Waals surface area contributed by atoms with Gasteiger partial charge in [-0.1, -0.05) is 0 Å². The first kappa shape index (κ1) is 13.6. The molecule has 4 nitrogen and oxygen atoms in total. The summed E-state index contributed by atoms with van der Waals surface area (Å²) in [6.45, 7) is 2.08. The highest BCUT2D eigenvalue weighted by Crippen LogP contribution is 2.22. The molecular weight excluding hydrogens is 315 g/mol. The number of hydrogen-bond donors (Lipinski definition) is 2. The molecule has 0 atom stereocenters. The molecule has 1 aromatic heterocycles. The molecule has 1 amide bonds. The number of halogens is 2. The summed E-state index contributed by atoms with van der Waals surface area (Å²) in [5.41, 5.74) is 5.66. The second-order valence-corrected chi connectivity index (χ2v) is 4.90. The van der Waals surface area contributed by atoms with Crippen LogP contribution in [0, 0.1) is 12.7 Å². The van der Waals surface area contributed by atoms with Crippen LogP contribution in [0.25, 0.3) is 0 Å². The minimum Gasteiger partial charge on any atom is -0.465 e. The molecule has 2 rings (SSSR count). The average Bonchev–Trinajstić information content (AvgIpc) is 2.77. The van der Waals surface area contributed by atoms with E-state index in [1.165, 1.54) is 12.1 Å². The monoisotopic (exact) mass is 326 g/mol. The number of hydrogen-bond acceptors (Lipinski definition) is 3. The van der Waals surface area contributed by atoms with E-state index >= 15 is 0 Å². The maximum Gasteiger partial charge on any atom is 0.252 e. The van der Waals surface area contributed by atoms with Crippen LogP contribution in [0.5, 0.6) is 0 Å². The van der Waals surface area contributed by atoms with Gasteiger partial charge in [-0.3, -0.25) is 4.79 Å². The molecule has 6 heteroatoms. The number of nitrogens with two attached hydrogens (primary N) is 1. The fourth-order valence-electron chi connectivity index (χ4n) is 1.58. The standard InChI is InChI=1S/C13H12BrFN2O2/c1-7-2-3-8(19-7)6-17-13(18)9-4-12(16)11(15)5-10(9)14/h2-5H,6,16H2,1H3,(H,17,18). The van der Waals surface area contributed by atoms with Gasteiger partial charge in [-0.05, 0) is 47.1 Å². The number of amides is 1. The molecule has 100 valence electrons. The van der Waals surface area contributed by atoms with Crippen molar-refractivity contribution in [2.45, 2.75) is 13.5 Å². The van der Waals surface area contributed by atoms with Gasteiger partial charge in [0, 0.05) is 4.47 Å². The Bertz CT molecular complexity index is 625. The second-order valence-electron chi connectivity index (χ2n) is 4.05. The maximum absolute atomic E-state index is 13.2. The lowest BCUT2D eigenvalue weighted by Gasteiger charge is -2.07. The number of furan rings is 1. The fourth-order valence-corrected chi connectivity index (χ4v) is 2.08. The predicted octanol–water partition coefficient (Wildman–Crippen LogP) is 3.00. The molecule has 1 aromatic carbocycles. The van der Waals surface area contributed by atoms with Crippen molar-refractivity contribution in [3.63, 3.8) is 0 Å². The van der Waals surface area contributed by atoms with Crippen LogP contribution in [0.4, 0.5) is 10.1 Å². The zero-order valence-corrected chi connectivity index (χ0v) is 11.8. The molecular formula is C13H12BrFN2O2. The van der Waals surface area contributed by atoms with Gasteiger partial charge in [0.1, 0.15) is 17.3 Å². The number of carbonyl (C=O) groups excluding carboxylic acids is 1. The number of benzene rings is 1. The van der Waals surface area contributed by atoms with Crippen molar-refractivity contribution in [2.75, 3.05) is 5.73 Å². The van der Waals surface area contributed by atoms with E-state index in [0.29, 0.717) is 10.2 Å². The summed E-state index contributed by atoms with van der Waals surface area (Å²) < 4.78 is 18.9. The molecule has 0 aliphatic carbocycles. The van der Waals surface area contributed by atoms with Crippen molar-refractivity contribution >= 4 is 27.5 Å². The summed E-state index contributed by atoms with van der Waals surface area (Å²) in [7, 11) is 0.